The third kappa shape index (κ3) is 2.01. The van der Waals surface area contributed by atoms with Gasteiger partial charge in [0.05, 0.1) is 0 Å². The topological polar surface area (TPSA) is 56.0 Å². The molecule has 0 spiro atoms. The molecule has 1 heterocycles. The smallest absolute Gasteiger partial charge is 0.227 e. The molecule has 0 radical (unpaired) electrons. The number of carbonyl (C=O) groups is 1. The van der Waals surface area contributed by atoms with Gasteiger partial charge in [-0.1, -0.05) is 11.6 Å². The van der Waals surface area contributed by atoms with E-state index in [0.29, 0.717) is 24.0 Å². The largest absolute Gasteiger partial charge is 0.339 e. The van der Waals surface area contributed by atoms with Crippen LogP contribution in [0.2, 0.25) is 0 Å². The van der Waals surface area contributed by atoms with Gasteiger partial charge in [-0.05, 0) is 25.7 Å². The molecule has 1 aromatic rings. The number of aromatic nitrogens is 2. The first-order valence-electron chi connectivity index (χ1n) is 6.18. The highest BCUT2D eigenvalue weighted by molar-refractivity contribution is 5.81. The van der Waals surface area contributed by atoms with Crippen molar-refractivity contribution in [2.24, 2.45) is 5.92 Å². The van der Waals surface area contributed by atoms with Crippen LogP contribution in [-0.2, 0) is 11.2 Å². The van der Waals surface area contributed by atoms with Crippen molar-refractivity contribution in [3.05, 3.63) is 11.7 Å². The van der Waals surface area contributed by atoms with Gasteiger partial charge in [-0.15, -0.1) is 0 Å². The Labute approximate surface area is 94.4 Å². The number of Topliss-reactive ketones (excluding diaryl/α,β-unsaturated/α-hetero) is 1. The molecule has 0 aromatic carbocycles. The number of carbonyl (C=O) groups excluding carboxylic acids is 1. The summed E-state index contributed by atoms with van der Waals surface area (Å²) >= 11 is 0. The molecule has 0 saturated heterocycles. The van der Waals surface area contributed by atoms with Gasteiger partial charge >= 0.3 is 0 Å². The highest BCUT2D eigenvalue weighted by atomic mass is 16.5. The maximum Gasteiger partial charge on any atom is 0.227 e. The summed E-state index contributed by atoms with van der Waals surface area (Å²) in [5.74, 6) is 2.53. The number of rotatable bonds is 3. The van der Waals surface area contributed by atoms with Gasteiger partial charge in [0, 0.05) is 24.7 Å². The van der Waals surface area contributed by atoms with Crippen molar-refractivity contribution in [3.63, 3.8) is 0 Å². The summed E-state index contributed by atoms with van der Waals surface area (Å²) in [7, 11) is 0. The van der Waals surface area contributed by atoms with E-state index in [1.807, 2.05) is 0 Å². The maximum atomic E-state index is 11.7. The molecule has 1 unspecified atom stereocenters. The second-order valence-corrected chi connectivity index (χ2v) is 4.93. The van der Waals surface area contributed by atoms with E-state index in [2.05, 4.69) is 10.1 Å². The van der Waals surface area contributed by atoms with Crippen molar-refractivity contribution >= 4 is 5.78 Å². The lowest BCUT2D eigenvalue weighted by Crippen LogP contribution is -2.21. The van der Waals surface area contributed by atoms with Crippen molar-refractivity contribution in [3.8, 4) is 0 Å². The van der Waals surface area contributed by atoms with Crippen molar-refractivity contribution < 1.29 is 9.32 Å². The first kappa shape index (κ1) is 10.00. The number of nitrogens with zero attached hydrogens (tertiary/aromatic N) is 2. The highest BCUT2D eigenvalue weighted by Gasteiger charge is 2.30. The molecule has 4 heteroatoms. The lowest BCUT2D eigenvalue weighted by atomic mass is 9.86. The second-order valence-electron chi connectivity index (χ2n) is 4.93. The zero-order valence-electron chi connectivity index (χ0n) is 9.32. The van der Waals surface area contributed by atoms with Crippen molar-refractivity contribution in [2.75, 3.05) is 0 Å². The van der Waals surface area contributed by atoms with Crippen LogP contribution in [0.3, 0.4) is 0 Å². The Morgan fingerprint density at radius 1 is 1.25 bits per heavy atom. The maximum absolute atomic E-state index is 11.7. The fourth-order valence-corrected chi connectivity index (χ4v) is 2.34. The predicted molar refractivity (Wildman–Crippen MR) is 56.9 cm³/mol. The van der Waals surface area contributed by atoms with Gasteiger partial charge in [0.2, 0.25) is 5.89 Å². The average molecular weight is 220 g/mol. The fraction of sp³-hybridized carbons (Fsp3) is 0.750. The first-order chi connectivity index (χ1) is 7.83. The fourth-order valence-electron chi connectivity index (χ4n) is 2.34. The summed E-state index contributed by atoms with van der Waals surface area (Å²) in [5.41, 5.74) is 0. The summed E-state index contributed by atoms with van der Waals surface area (Å²) in [6.07, 6.45) is 6.93. The molecule has 16 heavy (non-hydrogen) atoms. The third-order valence-corrected chi connectivity index (χ3v) is 3.53. The van der Waals surface area contributed by atoms with E-state index < -0.39 is 0 Å². The number of ketones is 1. The predicted octanol–water partition coefficient (Wildman–Crippen LogP) is 2.25. The molecule has 2 aliphatic carbocycles. The van der Waals surface area contributed by atoms with Gasteiger partial charge in [0.25, 0.3) is 0 Å². The third-order valence-electron chi connectivity index (χ3n) is 3.53. The molecule has 1 atom stereocenters. The van der Waals surface area contributed by atoms with Crippen LogP contribution in [-0.4, -0.2) is 15.9 Å². The van der Waals surface area contributed by atoms with Crippen LogP contribution in [0, 0.1) is 5.92 Å². The molecule has 1 aromatic heterocycles. The average Bonchev–Trinajstić information content (AvgIpc) is 3.03. The van der Waals surface area contributed by atoms with Crippen LogP contribution in [0.5, 0.6) is 0 Å². The Morgan fingerprint density at radius 3 is 2.88 bits per heavy atom. The summed E-state index contributed by atoms with van der Waals surface area (Å²) in [5, 5.41) is 3.97. The Morgan fingerprint density at radius 2 is 2.12 bits per heavy atom. The summed E-state index contributed by atoms with van der Waals surface area (Å²) in [6.45, 7) is 0. The molecule has 0 N–H and O–H groups in total. The van der Waals surface area contributed by atoms with E-state index in [1.165, 1.54) is 12.8 Å². The lowest BCUT2D eigenvalue weighted by molar-refractivity contribution is -0.124. The van der Waals surface area contributed by atoms with Crippen LogP contribution in [0.15, 0.2) is 4.52 Å². The standard InChI is InChI=1S/C12H16N2O2/c15-10-4-2-1-3-9(10)7-11-13-12(14-16-11)8-5-6-8/h8-9H,1-7H2. The van der Waals surface area contributed by atoms with E-state index in [1.54, 1.807) is 0 Å². The molecule has 3 rings (SSSR count). The normalized spacial score (nSPS) is 26.0. The van der Waals surface area contributed by atoms with E-state index in [9.17, 15) is 4.79 Å². The van der Waals surface area contributed by atoms with Crippen molar-refractivity contribution in [1.82, 2.24) is 10.1 Å². The Kier molecular flexibility index (Phi) is 2.50. The molecule has 0 amide bonds. The minimum absolute atomic E-state index is 0.126. The molecular formula is C12H16N2O2. The number of hydrogen-bond acceptors (Lipinski definition) is 4. The summed E-state index contributed by atoms with van der Waals surface area (Å²) in [4.78, 5) is 16.0. The van der Waals surface area contributed by atoms with Crippen molar-refractivity contribution in [1.29, 1.82) is 0 Å². The molecule has 0 bridgehead atoms. The van der Waals surface area contributed by atoms with E-state index in [4.69, 9.17) is 4.52 Å². The summed E-state index contributed by atoms with van der Waals surface area (Å²) < 4.78 is 5.20. The van der Waals surface area contributed by atoms with Crippen LogP contribution < -0.4 is 0 Å². The Hall–Kier alpha value is -1.19. The van der Waals surface area contributed by atoms with Gasteiger partial charge < -0.3 is 4.52 Å². The first-order valence-corrected chi connectivity index (χ1v) is 6.18. The lowest BCUT2D eigenvalue weighted by Gasteiger charge is -2.18. The minimum atomic E-state index is 0.126. The Balaban J connectivity index is 1.65. The second kappa shape index (κ2) is 4.00. The molecule has 2 aliphatic rings. The van der Waals surface area contributed by atoms with E-state index >= 15 is 0 Å². The monoisotopic (exact) mass is 220 g/mol. The van der Waals surface area contributed by atoms with E-state index in [0.717, 1.165) is 31.5 Å². The molecule has 2 saturated carbocycles. The van der Waals surface area contributed by atoms with Gasteiger partial charge in [0.1, 0.15) is 5.78 Å². The highest BCUT2D eigenvalue weighted by Crippen LogP contribution is 2.38. The Bertz CT molecular complexity index is 395. The van der Waals surface area contributed by atoms with Gasteiger partial charge in [-0.25, -0.2) is 0 Å². The van der Waals surface area contributed by atoms with Crippen molar-refractivity contribution in [2.45, 2.75) is 50.9 Å². The van der Waals surface area contributed by atoms with Crippen LogP contribution in [0.4, 0.5) is 0 Å². The van der Waals surface area contributed by atoms with Gasteiger partial charge in [-0.2, -0.15) is 4.98 Å². The zero-order valence-corrected chi connectivity index (χ0v) is 9.32. The van der Waals surface area contributed by atoms with E-state index in [-0.39, 0.29) is 5.92 Å². The van der Waals surface area contributed by atoms with Crippen LogP contribution >= 0.6 is 0 Å². The molecular weight excluding hydrogens is 204 g/mol. The SMILES string of the molecule is O=C1CCCCC1Cc1nc(C2CC2)no1. The van der Waals surface area contributed by atoms with Crippen LogP contribution in [0.1, 0.15) is 56.2 Å². The number of hydrogen-bond donors (Lipinski definition) is 0. The molecule has 0 aliphatic heterocycles. The zero-order chi connectivity index (χ0) is 11.0. The molecule has 86 valence electrons. The summed E-state index contributed by atoms with van der Waals surface area (Å²) in [6, 6.07) is 0. The van der Waals surface area contributed by atoms with Gasteiger partial charge in [0.15, 0.2) is 5.82 Å². The molecule has 4 nitrogen and oxygen atoms in total. The quantitative estimate of drug-likeness (QED) is 0.784. The van der Waals surface area contributed by atoms with Crippen LogP contribution in [0.25, 0.3) is 0 Å². The molecule has 2 fully saturated rings. The van der Waals surface area contributed by atoms with Gasteiger partial charge in [-0.3, -0.25) is 4.79 Å². The minimum Gasteiger partial charge on any atom is -0.339 e.